The molecule has 0 spiro atoms. The molecule has 0 unspecified atom stereocenters. The predicted molar refractivity (Wildman–Crippen MR) is 100 cm³/mol. The van der Waals surface area contributed by atoms with Gasteiger partial charge in [-0.25, -0.2) is 8.78 Å². The van der Waals surface area contributed by atoms with Gasteiger partial charge in [0, 0.05) is 10.4 Å². The minimum Gasteiger partial charge on any atom is -0.506 e. The van der Waals surface area contributed by atoms with Gasteiger partial charge in [-0.1, -0.05) is 17.7 Å². The topological polar surface area (TPSA) is 109 Å². The monoisotopic (exact) mass is 422 g/mol. The highest BCUT2D eigenvalue weighted by Gasteiger charge is 2.23. The van der Waals surface area contributed by atoms with Crippen molar-refractivity contribution in [3.8, 4) is 5.75 Å². The van der Waals surface area contributed by atoms with Gasteiger partial charge < -0.3 is 20.1 Å². The van der Waals surface area contributed by atoms with E-state index in [-0.39, 0.29) is 22.5 Å². The fourth-order valence-electron chi connectivity index (χ4n) is 2.84. The number of carbonyl (C=O) groups is 2. The molecular weight excluding hydrogens is 410 g/mol. The van der Waals surface area contributed by atoms with Crippen molar-refractivity contribution in [1.82, 2.24) is 9.88 Å². The van der Waals surface area contributed by atoms with Crippen LogP contribution in [0.4, 0.5) is 8.78 Å². The van der Waals surface area contributed by atoms with Crippen molar-refractivity contribution in [2.45, 2.75) is 6.54 Å². The van der Waals surface area contributed by atoms with Crippen molar-refractivity contribution in [2.24, 2.45) is 0 Å². The SMILES string of the molecule is O=C(O)CNC(=O)c1c(O)c2cc(F)ccc2n(Cc2ccc(F)cc2Cl)c1=O. The Kier molecular flexibility index (Phi) is 5.51. The quantitative estimate of drug-likeness (QED) is 0.585. The molecule has 3 N–H and O–H groups in total. The highest BCUT2D eigenvalue weighted by atomic mass is 35.5. The van der Waals surface area contributed by atoms with Gasteiger partial charge in [0.1, 0.15) is 29.5 Å². The van der Waals surface area contributed by atoms with Gasteiger partial charge in [-0.2, -0.15) is 0 Å². The van der Waals surface area contributed by atoms with E-state index in [1.165, 1.54) is 12.1 Å². The lowest BCUT2D eigenvalue weighted by Gasteiger charge is -2.15. The van der Waals surface area contributed by atoms with Crippen LogP contribution in [0.3, 0.4) is 0 Å². The van der Waals surface area contributed by atoms with E-state index in [0.717, 1.165) is 28.8 Å². The summed E-state index contributed by atoms with van der Waals surface area (Å²) < 4.78 is 28.1. The van der Waals surface area contributed by atoms with Gasteiger partial charge in [-0.05, 0) is 35.9 Å². The van der Waals surface area contributed by atoms with E-state index in [1.54, 1.807) is 0 Å². The van der Waals surface area contributed by atoms with Crippen LogP contribution in [0.15, 0.2) is 41.2 Å². The number of hydrogen-bond acceptors (Lipinski definition) is 4. The zero-order chi connectivity index (χ0) is 21.3. The maximum atomic E-state index is 13.7. The van der Waals surface area contributed by atoms with Crippen LogP contribution < -0.4 is 10.9 Å². The van der Waals surface area contributed by atoms with Crippen molar-refractivity contribution in [2.75, 3.05) is 6.54 Å². The molecule has 1 heterocycles. The fraction of sp³-hybridized carbons (Fsp3) is 0.105. The van der Waals surface area contributed by atoms with E-state index < -0.39 is 46.9 Å². The number of carboxylic acids is 1. The molecular formula is C19H13ClF2N2O5. The first-order chi connectivity index (χ1) is 13.7. The molecule has 0 saturated heterocycles. The number of fused-ring (bicyclic) bond motifs is 1. The Morgan fingerprint density at radius 3 is 2.41 bits per heavy atom. The number of aliphatic carboxylic acids is 1. The largest absolute Gasteiger partial charge is 0.506 e. The first-order valence-electron chi connectivity index (χ1n) is 8.18. The summed E-state index contributed by atoms with van der Waals surface area (Å²) in [6.07, 6.45) is 0. The van der Waals surface area contributed by atoms with Crippen LogP contribution in [-0.2, 0) is 11.3 Å². The zero-order valence-electron chi connectivity index (χ0n) is 14.6. The third-order valence-electron chi connectivity index (χ3n) is 4.17. The molecule has 3 rings (SSSR count). The van der Waals surface area contributed by atoms with E-state index in [1.807, 2.05) is 5.32 Å². The van der Waals surface area contributed by atoms with E-state index >= 15 is 0 Å². The first kappa shape index (κ1) is 20.3. The molecule has 10 heteroatoms. The van der Waals surface area contributed by atoms with Crippen LogP contribution in [-0.4, -0.2) is 33.2 Å². The predicted octanol–water partition coefficient (Wildman–Crippen LogP) is 2.50. The number of rotatable bonds is 5. The average Bonchev–Trinajstić information content (AvgIpc) is 2.65. The van der Waals surface area contributed by atoms with Crippen molar-refractivity contribution in [3.05, 3.63) is 74.5 Å². The number of nitrogens with one attached hydrogen (secondary N) is 1. The van der Waals surface area contributed by atoms with Crippen molar-refractivity contribution >= 4 is 34.4 Å². The number of pyridine rings is 1. The lowest BCUT2D eigenvalue weighted by molar-refractivity contribution is -0.135. The Bertz CT molecular complexity index is 1210. The van der Waals surface area contributed by atoms with Crippen LogP contribution in [0.5, 0.6) is 5.75 Å². The van der Waals surface area contributed by atoms with Crippen LogP contribution in [0.2, 0.25) is 5.02 Å². The molecule has 0 aliphatic carbocycles. The number of carboxylic acid groups (broad SMARTS) is 1. The van der Waals surface area contributed by atoms with E-state index in [4.69, 9.17) is 16.7 Å². The van der Waals surface area contributed by atoms with Gasteiger partial charge in [0.2, 0.25) is 0 Å². The Hall–Kier alpha value is -3.46. The second-order valence-corrected chi connectivity index (χ2v) is 6.50. The van der Waals surface area contributed by atoms with Crippen LogP contribution in [0.1, 0.15) is 15.9 Å². The lowest BCUT2D eigenvalue weighted by Crippen LogP contribution is -2.36. The Morgan fingerprint density at radius 2 is 1.76 bits per heavy atom. The Labute approximate surface area is 166 Å². The Balaban J connectivity index is 2.23. The molecule has 1 amide bonds. The number of benzene rings is 2. The van der Waals surface area contributed by atoms with Crippen LogP contribution in [0, 0.1) is 11.6 Å². The minimum absolute atomic E-state index is 0.0251. The number of aromatic hydroxyl groups is 1. The van der Waals surface area contributed by atoms with Crippen molar-refractivity contribution < 1.29 is 28.6 Å². The molecule has 0 fully saturated rings. The highest BCUT2D eigenvalue weighted by molar-refractivity contribution is 6.31. The summed E-state index contributed by atoms with van der Waals surface area (Å²) >= 11 is 6.02. The summed E-state index contributed by atoms with van der Waals surface area (Å²) in [7, 11) is 0. The second kappa shape index (κ2) is 7.88. The number of halogens is 3. The number of carbonyl (C=O) groups excluding carboxylic acids is 1. The van der Waals surface area contributed by atoms with Gasteiger partial charge in [-0.15, -0.1) is 0 Å². The van der Waals surface area contributed by atoms with Gasteiger partial charge >= 0.3 is 5.97 Å². The van der Waals surface area contributed by atoms with E-state index in [2.05, 4.69) is 0 Å². The van der Waals surface area contributed by atoms with Gasteiger partial charge in [0.25, 0.3) is 11.5 Å². The molecule has 3 aromatic rings. The molecule has 0 aliphatic heterocycles. The van der Waals surface area contributed by atoms with Crippen molar-refractivity contribution in [3.63, 3.8) is 0 Å². The summed E-state index contributed by atoms with van der Waals surface area (Å²) in [4.78, 5) is 35.9. The standard InChI is InChI=1S/C19H13ClF2N2O5/c20-13-6-11(22)2-1-9(13)8-24-14-4-3-10(21)5-12(14)17(27)16(19(24)29)18(28)23-7-15(25)26/h1-6,27H,7-8H2,(H,23,28)(H,25,26). The smallest absolute Gasteiger partial charge is 0.322 e. The highest BCUT2D eigenvalue weighted by Crippen LogP contribution is 2.28. The van der Waals surface area contributed by atoms with Gasteiger partial charge in [-0.3, -0.25) is 14.4 Å². The molecule has 0 saturated carbocycles. The summed E-state index contributed by atoms with van der Waals surface area (Å²) in [6, 6.07) is 6.76. The number of aromatic nitrogens is 1. The summed E-state index contributed by atoms with van der Waals surface area (Å²) in [5.41, 5.74) is -1.26. The molecule has 29 heavy (non-hydrogen) atoms. The third kappa shape index (κ3) is 4.04. The Morgan fingerprint density at radius 1 is 1.10 bits per heavy atom. The molecule has 2 aromatic carbocycles. The molecule has 150 valence electrons. The summed E-state index contributed by atoms with van der Waals surface area (Å²) in [5.74, 6) is -4.59. The third-order valence-corrected chi connectivity index (χ3v) is 4.52. The molecule has 0 aliphatic rings. The average molecular weight is 423 g/mol. The molecule has 7 nitrogen and oxygen atoms in total. The zero-order valence-corrected chi connectivity index (χ0v) is 15.3. The van der Waals surface area contributed by atoms with Crippen molar-refractivity contribution in [1.29, 1.82) is 0 Å². The second-order valence-electron chi connectivity index (χ2n) is 6.09. The normalized spacial score (nSPS) is 10.9. The van der Waals surface area contributed by atoms with E-state index in [9.17, 15) is 28.3 Å². The molecule has 0 bridgehead atoms. The maximum absolute atomic E-state index is 13.7. The van der Waals surface area contributed by atoms with Crippen LogP contribution >= 0.6 is 11.6 Å². The minimum atomic E-state index is -1.36. The first-order valence-corrected chi connectivity index (χ1v) is 8.55. The molecule has 0 atom stereocenters. The fourth-order valence-corrected chi connectivity index (χ4v) is 3.07. The lowest BCUT2D eigenvalue weighted by atomic mass is 10.1. The van der Waals surface area contributed by atoms with Gasteiger partial charge in [0.15, 0.2) is 0 Å². The molecule has 1 aromatic heterocycles. The number of amides is 1. The van der Waals surface area contributed by atoms with Gasteiger partial charge in [0.05, 0.1) is 12.1 Å². The molecule has 0 radical (unpaired) electrons. The number of nitrogens with zero attached hydrogens (tertiary/aromatic N) is 1. The van der Waals surface area contributed by atoms with Crippen LogP contribution in [0.25, 0.3) is 10.9 Å². The maximum Gasteiger partial charge on any atom is 0.322 e. The summed E-state index contributed by atoms with van der Waals surface area (Å²) in [6.45, 7) is -0.998. The number of hydrogen-bond donors (Lipinski definition) is 3. The summed E-state index contributed by atoms with van der Waals surface area (Å²) in [5, 5.41) is 21.0. The van der Waals surface area contributed by atoms with E-state index in [0.29, 0.717) is 5.56 Å².